The van der Waals surface area contributed by atoms with Gasteiger partial charge in [-0.2, -0.15) is 0 Å². The molecule has 3 rings (SSSR count). The van der Waals surface area contributed by atoms with E-state index >= 15 is 0 Å². The predicted molar refractivity (Wildman–Crippen MR) is 76.1 cm³/mol. The number of nitro groups is 1. The molecule has 0 saturated carbocycles. The Labute approximate surface area is 117 Å². The number of thiazole rings is 1. The maximum Gasteiger partial charge on any atom is 0.270 e. The van der Waals surface area contributed by atoms with Crippen LogP contribution < -0.4 is 4.74 Å². The van der Waals surface area contributed by atoms with Crippen LogP contribution in [0.15, 0.2) is 36.0 Å². The van der Waals surface area contributed by atoms with Gasteiger partial charge in [0.25, 0.3) is 5.69 Å². The first kappa shape index (κ1) is 12.5. The van der Waals surface area contributed by atoms with Crippen molar-refractivity contribution in [3.8, 4) is 16.3 Å². The molecule has 0 N–H and O–H groups in total. The van der Waals surface area contributed by atoms with Crippen LogP contribution in [0.4, 0.5) is 5.69 Å². The van der Waals surface area contributed by atoms with Crippen LogP contribution in [-0.4, -0.2) is 22.0 Å². The number of hydrogen-bond donors (Lipinski definition) is 0. The molecule has 0 fully saturated rings. The van der Waals surface area contributed by atoms with Gasteiger partial charge in [-0.15, -0.1) is 11.3 Å². The summed E-state index contributed by atoms with van der Waals surface area (Å²) in [7, 11) is 1.53. The van der Waals surface area contributed by atoms with E-state index < -0.39 is 4.92 Å². The van der Waals surface area contributed by atoms with Crippen LogP contribution >= 0.6 is 11.3 Å². The monoisotopic (exact) mass is 287 g/mol. The molecule has 6 nitrogen and oxygen atoms in total. The zero-order chi connectivity index (χ0) is 14.1. The predicted octanol–water partition coefficient (Wildman–Crippen LogP) is 3.28. The van der Waals surface area contributed by atoms with Gasteiger partial charge < -0.3 is 4.74 Å². The summed E-state index contributed by atoms with van der Waals surface area (Å²) < 4.78 is 5.32. The molecule has 20 heavy (non-hydrogen) atoms. The van der Waals surface area contributed by atoms with Crippen LogP contribution in [0, 0.1) is 10.1 Å². The SMILES string of the molecule is COc1cc(-c2cncs2)nc2ccc([N+](=O)[O-])cc12. The molecule has 3 aromatic rings. The quantitative estimate of drug-likeness (QED) is 0.545. The smallest absolute Gasteiger partial charge is 0.270 e. The first-order valence-electron chi connectivity index (χ1n) is 5.71. The average molecular weight is 287 g/mol. The first-order chi connectivity index (χ1) is 9.69. The van der Waals surface area contributed by atoms with E-state index in [4.69, 9.17) is 4.74 Å². The topological polar surface area (TPSA) is 78.2 Å². The lowest BCUT2D eigenvalue weighted by atomic mass is 10.1. The van der Waals surface area contributed by atoms with Crippen LogP contribution in [0.25, 0.3) is 21.5 Å². The number of hydrogen-bond acceptors (Lipinski definition) is 6. The van der Waals surface area contributed by atoms with E-state index in [2.05, 4.69) is 9.97 Å². The van der Waals surface area contributed by atoms with Crippen molar-refractivity contribution < 1.29 is 9.66 Å². The minimum atomic E-state index is -0.435. The number of methoxy groups -OCH3 is 1. The minimum absolute atomic E-state index is 0.0168. The Hall–Kier alpha value is -2.54. The highest BCUT2D eigenvalue weighted by atomic mass is 32.1. The van der Waals surface area contributed by atoms with Crippen molar-refractivity contribution in [3.05, 3.63) is 46.1 Å². The van der Waals surface area contributed by atoms with Gasteiger partial charge in [0.1, 0.15) is 5.75 Å². The summed E-state index contributed by atoms with van der Waals surface area (Å²) >= 11 is 1.47. The lowest BCUT2D eigenvalue weighted by molar-refractivity contribution is -0.384. The van der Waals surface area contributed by atoms with Crippen molar-refractivity contribution in [2.24, 2.45) is 0 Å². The summed E-state index contributed by atoms with van der Waals surface area (Å²) in [6.07, 6.45) is 1.73. The molecule has 0 aliphatic heterocycles. The van der Waals surface area contributed by atoms with Gasteiger partial charge in [-0.3, -0.25) is 15.1 Å². The molecule has 0 aliphatic carbocycles. The van der Waals surface area contributed by atoms with Crippen LogP contribution in [0.3, 0.4) is 0 Å². The van der Waals surface area contributed by atoms with Gasteiger partial charge in [-0.05, 0) is 6.07 Å². The fourth-order valence-corrected chi connectivity index (χ4v) is 2.52. The number of pyridine rings is 1. The normalized spacial score (nSPS) is 10.7. The van der Waals surface area contributed by atoms with Gasteiger partial charge in [0, 0.05) is 29.8 Å². The van der Waals surface area contributed by atoms with Crippen LogP contribution in [0.2, 0.25) is 0 Å². The van der Waals surface area contributed by atoms with Crippen molar-refractivity contribution in [1.29, 1.82) is 0 Å². The van der Waals surface area contributed by atoms with E-state index in [1.165, 1.54) is 30.6 Å². The Morgan fingerprint density at radius 3 is 2.85 bits per heavy atom. The first-order valence-corrected chi connectivity index (χ1v) is 6.59. The third-order valence-electron chi connectivity index (χ3n) is 2.87. The van der Waals surface area contributed by atoms with Crippen molar-refractivity contribution in [2.75, 3.05) is 7.11 Å². The number of ether oxygens (including phenoxy) is 1. The molecule has 2 heterocycles. The Kier molecular flexibility index (Phi) is 3.03. The van der Waals surface area contributed by atoms with E-state index in [1.807, 2.05) is 0 Å². The number of non-ortho nitro benzene ring substituents is 1. The van der Waals surface area contributed by atoms with Crippen LogP contribution in [0.1, 0.15) is 0 Å². The fourth-order valence-electron chi connectivity index (χ4n) is 1.93. The highest BCUT2D eigenvalue weighted by Gasteiger charge is 2.13. The number of benzene rings is 1. The van der Waals surface area contributed by atoms with E-state index in [0.717, 1.165) is 10.6 Å². The fraction of sp³-hybridized carbons (Fsp3) is 0.0769. The molecular formula is C13H9N3O3S. The molecule has 2 aromatic heterocycles. The lowest BCUT2D eigenvalue weighted by Crippen LogP contribution is -1.93. The Morgan fingerprint density at radius 1 is 1.35 bits per heavy atom. The van der Waals surface area contributed by atoms with E-state index in [9.17, 15) is 10.1 Å². The Morgan fingerprint density at radius 2 is 2.20 bits per heavy atom. The zero-order valence-corrected chi connectivity index (χ0v) is 11.3. The number of fused-ring (bicyclic) bond motifs is 1. The molecule has 0 aliphatic rings. The summed E-state index contributed by atoms with van der Waals surface area (Å²) in [4.78, 5) is 19.8. The van der Waals surface area contributed by atoms with Crippen molar-refractivity contribution in [3.63, 3.8) is 0 Å². The van der Waals surface area contributed by atoms with Gasteiger partial charge in [0.05, 0.1) is 33.6 Å². The highest BCUT2D eigenvalue weighted by Crippen LogP contribution is 2.33. The molecule has 7 heteroatoms. The number of nitro benzene ring substituents is 1. The Bertz CT molecular complexity index is 787. The standard InChI is InChI=1S/C13H9N3O3S/c1-19-12-5-11(13-6-14-7-20-13)15-10-3-2-8(16(17)18)4-9(10)12/h2-7H,1H3. The van der Waals surface area contributed by atoms with E-state index in [0.29, 0.717) is 16.7 Å². The second-order valence-corrected chi connectivity index (χ2v) is 4.92. The number of nitrogens with zero attached hydrogens (tertiary/aromatic N) is 3. The number of aromatic nitrogens is 2. The van der Waals surface area contributed by atoms with Crippen LogP contribution in [0.5, 0.6) is 5.75 Å². The molecule has 0 spiro atoms. The second-order valence-electron chi connectivity index (χ2n) is 4.03. The molecule has 0 atom stereocenters. The summed E-state index contributed by atoms with van der Waals surface area (Å²) in [6.45, 7) is 0. The summed E-state index contributed by atoms with van der Waals surface area (Å²) in [6, 6.07) is 6.29. The zero-order valence-electron chi connectivity index (χ0n) is 10.4. The molecular weight excluding hydrogens is 278 g/mol. The largest absolute Gasteiger partial charge is 0.496 e. The molecule has 0 amide bonds. The molecule has 0 saturated heterocycles. The van der Waals surface area contributed by atoms with Crippen LogP contribution in [-0.2, 0) is 0 Å². The molecule has 0 bridgehead atoms. The van der Waals surface area contributed by atoms with Gasteiger partial charge in [-0.25, -0.2) is 4.98 Å². The maximum absolute atomic E-state index is 10.8. The van der Waals surface area contributed by atoms with Crippen molar-refractivity contribution in [1.82, 2.24) is 9.97 Å². The Balaban J connectivity index is 2.25. The lowest BCUT2D eigenvalue weighted by Gasteiger charge is -2.07. The van der Waals surface area contributed by atoms with Gasteiger partial charge in [0.15, 0.2) is 0 Å². The second kappa shape index (κ2) is 4.86. The molecule has 100 valence electrons. The van der Waals surface area contributed by atoms with E-state index in [-0.39, 0.29) is 5.69 Å². The molecule has 0 unspecified atom stereocenters. The van der Waals surface area contributed by atoms with Gasteiger partial charge in [0.2, 0.25) is 0 Å². The third kappa shape index (κ3) is 2.08. The summed E-state index contributed by atoms with van der Waals surface area (Å²) in [5.74, 6) is 0.558. The summed E-state index contributed by atoms with van der Waals surface area (Å²) in [5.41, 5.74) is 3.14. The van der Waals surface area contributed by atoms with E-state index in [1.54, 1.807) is 23.8 Å². The third-order valence-corrected chi connectivity index (χ3v) is 3.67. The summed E-state index contributed by atoms with van der Waals surface area (Å²) in [5, 5.41) is 11.5. The van der Waals surface area contributed by atoms with Gasteiger partial charge >= 0.3 is 0 Å². The number of rotatable bonds is 3. The molecule has 0 radical (unpaired) electrons. The highest BCUT2D eigenvalue weighted by molar-refractivity contribution is 7.13. The van der Waals surface area contributed by atoms with Gasteiger partial charge in [-0.1, -0.05) is 0 Å². The molecule has 1 aromatic carbocycles. The van der Waals surface area contributed by atoms with Crippen molar-refractivity contribution in [2.45, 2.75) is 0 Å². The van der Waals surface area contributed by atoms with Crippen molar-refractivity contribution >= 4 is 27.9 Å². The average Bonchev–Trinajstić information content (AvgIpc) is 2.99. The maximum atomic E-state index is 10.8. The minimum Gasteiger partial charge on any atom is -0.496 e.